The average Bonchev–Trinajstić information content (AvgIpc) is 2.37. The molecule has 100 valence electrons. The molecular weight excluding hydrogens is 321 g/mol. The molecular formula is C13H10BrF3N2. The zero-order valence-electron chi connectivity index (χ0n) is 9.71. The normalized spacial score (nSPS) is 11.4. The number of pyridine rings is 1. The minimum atomic E-state index is -4.39. The summed E-state index contributed by atoms with van der Waals surface area (Å²) in [4.78, 5) is 3.91. The minimum Gasteiger partial charge on any atom is -0.380 e. The first kappa shape index (κ1) is 13.9. The highest BCUT2D eigenvalue weighted by atomic mass is 79.9. The van der Waals surface area contributed by atoms with Crippen molar-refractivity contribution in [3.8, 4) is 0 Å². The first-order valence-corrected chi connectivity index (χ1v) is 6.25. The third kappa shape index (κ3) is 3.70. The van der Waals surface area contributed by atoms with E-state index in [0.717, 1.165) is 11.6 Å². The lowest BCUT2D eigenvalue weighted by Crippen LogP contribution is -2.11. The maximum atomic E-state index is 12.9. The van der Waals surface area contributed by atoms with Crippen LogP contribution in [-0.2, 0) is 12.7 Å². The zero-order chi connectivity index (χ0) is 13.9. The van der Waals surface area contributed by atoms with Gasteiger partial charge in [-0.2, -0.15) is 13.2 Å². The topological polar surface area (TPSA) is 24.9 Å². The van der Waals surface area contributed by atoms with Crippen molar-refractivity contribution in [1.82, 2.24) is 4.98 Å². The van der Waals surface area contributed by atoms with Gasteiger partial charge in [-0.1, -0.05) is 22.0 Å². The highest BCUT2D eigenvalue weighted by Gasteiger charge is 2.33. The zero-order valence-corrected chi connectivity index (χ0v) is 11.3. The molecule has 0 unspecified atom stereocenters. The highest BCUT2D eigenvalue weighted by molar-refractivity contribution is 9.10. The van der Waals surface area contributed by atoms with E-state index in [1.807, 2.05) is 0 Å². The van der Waals surface area contributed by atoms with Gasteiger partial charge in [0.05, 0.1) is 5.56 Å². The fourth-order valence-electron chi connectivity index (χ4n) is 1.61. The van der Waals surface area contributed by atoms with Gasteiger partial charge in [0.25, 0.3) is 0 Å². The third-order valence-corrected chi connectivity index (χ3v) is 2.99. The van der Waals surface area contributed by atoms with Crippen molar-refractivity contribution in [3.05, 3.63) is 58.3 Å². The number of aromatic nitrogens is 1. The van der Waals surface area contributed by atoms with Gasteiger partial charge in [0, 0.05) is 29.1 Å². The van der Waals surface area contributed by atoms with E-state index in [1.165, 1.54) is 6.07 Å². The summed E-state index contributed by atoms with van der Waals surface area (Å²) in [6, 6.07) is 7.57. The molecule has 2 aromatic rings. The van der Waals surface area contributed by atoms with Crippen LogP contribution in [0.3, 0.4) is 0 Å². The molecule has 0 atom stereocenters. The summed E-state index contributed by atoms with van der Waals surface area (Å²) in [6.45, 7) is 0.290. The van der Waals surface area contributed by atoms with E-state index in [0.29, 0.717) is 11.0 Å². The van der Waals surface area contributed by atoms with E-state index in [1.54, 1.807) is 30.6 Å². The molecule has 0 saturated heterocycles. The number of anilines is 1. The fourth-order valence-corrected chi connectivity index (χ4v) is 1.97. The number of halogens is 4. The lowest BCUT2D eigenvalue weighted by Gasteiger charge is -2.15. The fraction of sp³-hybridized carbons (Fsp3) is 0.154. The summed E-state index contributed by atoms with van der Waals surface area (Å²) in [5.74, 6) is 0. The Balaban J connectivity index is 2.21. The monoisotopic (exact) mass is 330 g/mol. The summed E-state index contributed by atoms with van der Waals surface area (Å²) in [5, 5.41) is 2.78. The number of rotatable bonds is 3. The van der Waals surface area contributed by atoms with Gasteiger partial charge in [0.2, 0.25) is 0 Å². The second-order valence-corrected chi connectivity index (χ2v) is 4.82. The second kappa shape index (κ2) is 5.61. The Labute approximate surface area is 116 Å². The minimum absolute atomic E-state index is 0.0551. The standard InChI is InChI=1S/C13H10BrF3N2/c14-10-3-4-12(11(6-10)13(15,16)17)19-8-9-2-1-5-18-7-9/h1-7,19H,8H2. The molecule has 0 saturated carbocycles. The molecule has 1 heterocycles. The molecule has 2 rings (SSSR count). The van der Waals surface area contributed by atoms with Crippen LogP contribution in [0, 0.1) is 0 Å². The molecule has 19 heavy (non-hydrogen) atoms. The van der Waals surface area contributed by atoms with Crippen LogP contribution >= 0.6 is 15.9 Å². The lowest BCUT2D eigenvalue weighted by atomic mass is 10.1. The van der Waals surface area contributed by atoms with Gasteiger partial charge >= 0.3 is 6.18 Å². The molecule has 1 aromatic heterocycles. The average molecular weight is 331 g/mol. The van der Waals surface area contributed by atoms with Crippen molar-refractivity contribution in [3.63, 3.8) is 0 Å². The van der Waals surface area contributed by atoms with Gasteiger partial charge in [-0.05, 0) is 29.8 Å². The molecule has 1 N–H and O–H groups in total. The molecule has 2 nitrogen and oxygen atoms in total. The van der Waals surface area contributed by atoms with E-state index < -0.39 is 11.7 Å². The van der Waals surface area contributed by atoms with Crippen molar-refractivity contribution < 1.29 is 13.2 Å². The maximum Gasteiger partial charge on any atom is 0.418 e. The van der Waals surface area contributed by atoms with Crippen LogP contribution in [0.1, 0.15) is 11.1 Å². The predicted molar refractivity (Wildman–Crippen MR) is 70.7 cm³/mol. The van der Waals surface area contributed by atoms with Crippen molar-refractivity contribution in [2.24, 2.45) is 0 Å². The quantitative estimate of drug-likeness (QED) is 0.897. The van der Waals surface area contributed by atoms with Crippen LogP contribution in [0.2, 0.25) is 0 Å². The number of nitrogens with zero attached hydrogens (tertiary/aromatic N) is 1. The van der Waals surface area contributed by atoms with Crippen LogP contribution in [0.5, 0.6) is 0 Å². The molecule has 0 spiro atoms. The van der Waals surface area contributed by atoms with Crippen LogP contribution in [0.15, 0.2) is 47.2 Å². The maximum absolute atomic E-state index is 12.9. The third-order valence-electron chi connectivity index (χ3n) is 2.49. The highest BCUT2D eigenvalue weighted by Crippen LogP contribution is 2.36. The molecule has 0 aliphatic rings. The summed E-state index contributed by atoms with van der Waals surface area (Å²) in [6.07, 6.45) is -1.16. The predicted octanol–water partition coefficient (Wildman–Crippen LogP) is 4.48. The summed E-state index contributed by atoms with van der Waals surface area (Å²) >= 11 is 3.05. The molecule has 0 amide bonds. The van der Waals surface area contributed by atoms with Gasteiger partial charge in [-0.3, -0.25) is 4.98 Å². The van der Waals surface area contributed by atoms with E-state index in [9.17, 15) is 13.2 Å². The van der Waals surface area contributed by atoms with Gasteiger partial charge in [-0.15, -0.1) is 0 Å². The van der Waals surface area contributed by atoms with Crippen LogP contribution in [0.25, 0.3) is 0 Å². The Hall–Kier alpha value is -1.56. The molecule has 6 heteroatoms. The summed E-state index contributed by atoms with van der Waals surface area (Å²) < 4.78 is 39.0. The van der Waals surface area contributed by atoms with Crippen LogP contribution in [0.4, 0.5) is 18.9 Å². The van der Waals surface area contributed by atoms with Crippen LogP contribution < -0.4 is 5.32 Å². The van der Waals surface area contributed by atoms with Crippen molar-refractivity contribution in [2.75, 3.05) is 5.32 Å². The van der Waals surface area contributed by atoms with E-state index >= 15 is 0 Å². The molecule has 0 aliphatic heterocycles. The summed E-state index contributed by atoms with van der Waals surface area (Å²) in [5.41, 5.74) is 0.184. The van der Waals surface area contributed by atoms with Crippen molar-refractivity contribution in [2.45, 2.75) is 12.7 Å². The molecule has 0 fully saturated rings. The Morgan fingerprint density at radius 3 is 2.63 bits per heavy atom. The Morgan fingerprint density at radius 2 is 2.00 bits per heavy atom. The summed E-state index contributed by atoms with van der Waals surface area (Å²) in [7, 11) is 0. The van der Waals surface area contributed by atoms with Crippen molar-refractivity contribution in [1.29, 1.82) is 0 Å². The largest absolute Gasteiger partial charge is 0.418 e. The van der Waals surface area contributed by atoms with Gasteiger partial charge < -0.3 is 5.32 Å². The van der Waals surface area contributed by atoms with E-state index in [4.69, 9.17) is 0 Å². The Morgan fingerprint density at radius 1 is 1.21 bits per heavy atom. The Kier molecular flexibility index (Phi) is 4.09. The van der Waals surface area contributed by atoms with Crippen molar-refractivity contribution >= 4 is 21.6 Å². The van der Waals surface area contributed by atoms with Gasteiger partial charge in [-0.25, -0.2) is 0 Å². The first-order valence-electron chi connectivity index (χ1n) is 5.46. The molecule has 0 aliphatic carbocycles. The number of hydrogen-bond donors (Lipinski definition) is 1. The number of nitrogens with one attached hydrogen (secondary N) is 1. The van der Waals surface area contributed by atoms with Gasteiger partial charge in [0.15, 0.2) is 0 Å². The Bertz CT molecular complexity index is 556. The number of hydrogen-bond acceptors (Lipinski definition) is 2. The van der Waals surface area contributed by atoms with Gasteiger partial charge in [0.1, 0.15) is 0 Å². The lowest BCUT2D eigenvalue weighted by molar-refractivity contribution is -0.137. The SMILES string of the molecule is FC(F)(F)c1cc(Br)ccc1NCc1cccnc1. The van der Waals surface area contributed by atoms with E-state index in [2.05, 4.69) is 26.2 Å². The van der Waals surface area contributed by atoms with E-state index in [-0.39, 0.29) is 5.69 Å². The van der Waals surface area contributed by atoms with Crippen LogP contribution in [-0.4, -0.2) is 4.98 Å². The molecule has 0 bridgehead atoms. The molecule has 1 aromatic carbocycles. The second-order valence-electron chi connectivity index (χ2n) is 3.90. The smallest absolute Gasteiger partial charge is 0.380 e. The number of alkyl halides is 3. The molecule has 0 radical (unpaired) electrons. The first-order chi connectivity index (χ1) is 8.97. The number of benzene rings is 1.